The fraction of sp³-hybridized carbons (Fsp3) is 0.353. The maximum Gasteiger partial charge on any atom is 0.274 e. The number of aromatic nitrogens is 2. The van der Waals surface area contributed by atoms with Gasteiger partial charge < -0.3 is 15.0 Å². The monoisotopic (exact) mass is 380 g/mol. The van der Waals surface area contributed by atoms with Gasteiger partial charge >= 0.3 is 0 Å². The molecule has 6 nitrogen and oxygen atoms in total. The lowest BCUT2D eigenvalue weighted by Crippen LogP contribution is -2.41. The van der Waals surface area contributed by atoms with Crippen molar-refractivity contribution in [1.29, 1.82) is 0 Å². The molecule has 1 amide bonds. The first-order chi connectivity index (χ1) is 12.1. The highest BCUT2D eigenvalue weighted by Gasteiger charge is 2.19. The number of anilines is 1. The molecule has 132 valence electrons. The fourth-order valence-corrected chi connectivity index (χ4v) is 3.01. The number of halogens is 2. The van der Waals surface area contributed by atoms with E-state index < -0.39 is 0 Å². The van der Waals surface area contributed by atoms with E-state index >= 15 is 0 Å². The zero-order valence-electron chi connectivity index (χ0n) is 13.5. The molecule has 0 saturated carbocycles. The normalized spacial score (nSPS) is 14.4. The standard InChI is InChI=1S/C17H18Cl2N4O2/c18-13-2-1-12(14(19)9-13)3-4-20-16-11-21-15(10-22-16)17(24)23-5-7-25-8-6-23/h1-2,9-11H,3-8H2,(H,20,22). The Bertz CT molecular complexity index is 734. The van der Waals surface area contributed by atoms with Gasteiger partial charge in [-0.05, 0) is 24.1 Å². The number of nitrogens with zero attached hydrogens (tertiary/aromatic N) is 3. The number of carbonyl (C=O) groups is 1. The van der Waals surface area contributed by atoms with Crippen LogP contribution in [0.15, 0.2) is 30.6 Å². The van der Waals surface area contributed by atoms with Gasteiger partial charge in [0.2, 0.25) is 0 Å². The Kier molecular flexibility index (Phi) is 6.07. The van der Waals surface area contributed by atoms with Crippen LogP contribution in [0.25, 0.3) is 0 Å². The molecule has 1 aliphatic heterocycles. The molecule has 1 aliphatic rings. The molecule has 0 aliphatic carbocycles. The minimum atomic E-state index is -0.115. The lowest BCUT2D eigenvalue weighted by atomic mass is 10.1. The van der Waals surface area contributed by atoms with Gasteiger partial charge in [-0.2, -0.15) is 0 Å². The summed E-state index contributed by atoms with van der Waals surface area (Å²) in [5.41, 5.74) is 1.35. The average Bonchev–Trinajstić information content (AvgIpc) is 2.64. The third-order valence-electron chi connectivity index (χ3n) is 3.88. The van der Waals surface area contributed by atoms with Gasteiger partial charge in [-0.1, -0.05) is 29.3 Å². The molecule has 0 unspecified atom stereocenters. The van der Waals surface area contributed by atoms with Gasteiger partial charge in [-0.25, -0.2) is 9.97 Å². The number of benzene rings is 1. The molecule has 2 aromatic rings. The third kappa shape index (κ3) is 4.81. The molecule has 0 atom stereocenters. The maximum absolute atomic E-state index is 12.3. The predicted octanol–water partition coefficient (Wildman–Crippen LogP) is 2.91. The van der Waals surface area contributed by atoms with Gasteiger partial charge in [0.05, 0.1) is 25.6 Å². The summed E-state index contributed by atoms with van der Waals surface area (Å²) < 4.78 is 5.24. The molecule has 0 spiro atoms. The molecular formula is C17H18Cl2N4O2. The summed E-state index contributed by atoms with van der Waals surface area (Å²) in [6.07, 6.45) is 3.79. The molecular weight excluding hydrogens is 363 g/mol. The van der Waals surface area contributed by atoms with Gasteiger partial charge in [-0.15, -0.1) is 0 Å². The zero-order valence-corrected chi connectivity index (χ0v) is 15.1. The van der Waals surface area contributed by atoms with Crippen LogP contribution in [0.3, 0.4) is 0 Å². The summed E-state index contributed by atoms with van der Waals surface area (Å²) in [6.45, 7) is 2.94. The minimum Gasteiger partial charge on any atom is -0.378 e. The van der Waals surface area contributed by atoms with E-state index in [2.05, 4.69) is 15.3 Å². The van der Waals surface area contributed by atoms with E-state index in [1.165, 1.54) is 6.20 Å². The van der Waals surface area contributed by atoms with E-state index in [4.69, 9.17) is 27.9 Å². The summed E-state index contributed by atoms with van der Waals surface area (Å²) in [7, 11) is 0. The predicted molar refractivity (Wildman–Crippen MR) is 97.4 cm³/mol. The van der Waals surface area contributed by atoms with Gasteiger partial charge in [-0.3, -0.25) is 4.79 Å². The van der Waals surface area contributed by atoms with E-state index in [1.54, 1.807) is 17.2 Å². The topological polar surface area (TPSA) is 67.4 Å². The highest BCUT2D eigenvalue weighted by atomic mass is 35.5. The Balaban J connectivity index is 1.53. The van der Waals surface area contributed by atoms with E-state index in [9.17, 15) is 4.79 Å². The van der Waals surface area contributed by atoms with Crippen molar-refractivity contribution in [2.24, 2.45) is 0 Å². The summed E-state index contributed by atoms with van der Waals surface area (Å²) in [6, 6.07) is 5.45. The Morgan fingerprint density at radius 2 is 2.00 bits per heavy atom. The van der Waals surface area contributed by atoms with E-state index in [1.807, 2.05) is 12.1 Å². The molecule has 25 heavy (non-hydrogen) atoms. The lowest BCUT2D eigenvalue weighted by molar-refractivity contribution is 0.0298. The lowest BCUT2D eigenvalue weighted by Gasteiger charge is -2.26. The molecule has 2 heterocycles. The fourth-order valence-electron chi connectivity index (χ4n) is 2.51. The largest absolute Gasteiger partial charge is 0.378 e. The summed E-state index contributed by atoms with van der Waals surface area (Å²) in [5.74, 6) is 0.499. The first kappa shape index (κ1) is 17.9. The van der Waals surface area contributed by atoms with Gasteiger partial charge in [0.15, 0.2) is 0 Å². The van der Waals surface area contributed by atoms with Crippen molar-refractivity contribution in [3.8, 4) is 0 Å². The minimum absolute atomic E-state index is 0.115. The number of amides is 1. The summed E-state index contributed by atoms with van der Waals surface area (Å²) in [4.78, 5) is 22.5. The van der Waals surface area contributed by atoms with Gasteiger partial charge in [0.1, 0.15) is 11.5 Å². The second-order valence-electron chi connectivity index (χ2n) is 5.60. The maximum atomic E-state index is 12.3. The molecule has 1 saturated heterocycles. The zero-order chi connectivity index (χ0) is 17.6. The van der Waals surface area contributed by atoms with Crippen LogP contribution in [0.1, 0.15) is 16.1 Å². The van der Waals surface area contributed by atoms with E-state index in [-0.39, 0.29) is 5.91 Å². The van der Waals surface area contributed by atoms with Gasteiger partial charge in [0, 0.05) is 29.7 Å². The number of hydrogen-bond acceptors (Lipinski definition) is 5. The Labute approximate surface area is 156 Å². The molecule has 1 aromatic heterocycles. The molecule has 0 bridgehead atoms. The average molecular weight is 381 g/mol. The number of morpholine rings is 1. The molecule has 8 heteroatoms. The van der Waals surface area contributed by atoms with Crippen LogP contribution in [0.4, 0.5) is 5.82 Å². The molecule has 0 radical (unpaired) electrons. The number of rotatable bonds is 5. The Hall–Kier alpha value is -1.89. The number of hydrogen-bond donors (Lipinski definition) is 1. The van der Waals surface area contributed by atoms with Crippen LogP contribution < -0.4 is 5.32 Å². The highest BCUT2D eigenvalue weighted by Crippen LogP contribution is 2.21. The van der Waals surface area contributed by atoms with Crippen LogP contribution in [0, 0.1) is 0 Å². The number of carbonyl (C=O) groups excluding carboxylic acids is 1. The SMILES string of the molecule is O=C(c1cnc(NCCc2ccc(Cl)cc2Cl)cn1)N1CCOCC1. The van der Waals surface area contributed by atoms with Crippen molar-refractivity contribution >= 4 is 34.9 Å². The Morgan fingerprint density at radius 3 is 2.68 bits per heavy atom. The van der Waals surface area contributed by atoms with Crippen LogP contribution in [-0.4, -0.2) is 53.6 Å². The number of ether oxygens (including phenoxy) is 1. The summed E-state index contributed by atoms with van der Waals surface area (Å²) in [5, 5.41) is 4.43. The van der Waals surface area contributed by atoms with Crippen LogP contribution in [0.5, 0.6) is 0 Å². The quantitative estimate of drug-likeness (QED) is 0.863. The van der Waals surface area contributed by atoms with Gasteiger partial charge in [0.25, 0.3) is 5.91 Å². The first-order valence-electron chi connectivity index (χ1n) is 8.00. The van der Waals surface area contributed by atoms with Crippen molar-refractivity contribution in [2.45, 2.75) is 6.42 Å². The highest BCUT2D eigenvalue weighted by molar-refractivity contribution is 6.35. The second-order valence-corrected chi connectivity index (χ2v) is 6.45. The van der Waals surface area contributed by atoms with Crippen molar-refractivity contribution in [2.75, 3.05) is 38.2 Å². The van der Waals surface area contributed by atoms with Crippen molar-refractivity contribution < 1.29 is 9.53 Å². The Morgan fingerprint density at radius 1 is 1.20 bits per heavy atom. The second kappa shape index (κ2) is 8.47. The van der Waals surface area contributed by atoms with Crippen LogP contribution >= 0.6 is 23.2 Å². The third-order valence-corrected chi connectivity index (χ3v) is 4.47. The van der Waals surface area contributed by atoms with Crippen LogP contribution in [0.2, 0.25) is 10.0 Å². The first-order valence-corrected chi connectivity index (χ1v) is 8.76. The van der Waals surface area contributed by atoms with Crippen molar-refractivity contribution in [3.05, 3.63) is 51.9 Å². The van der Waals surface area contributed by atoms with E-state index in [0.29, 0.717) is 54.4 Å². The number of nitrogens with one attached hydrogen (secondary N) is 1. The molecule has 3 rings (SSSR count). The molecule has 1 aromatic carbocycles. The summed E-state index contributed by atoms with van der Waals surface area (Å²) >= 11 is 12.0. The van der Waals surface area contributed by atoms with Crippen LogP contribution in [-0.2, 0) is 11.2 Å². The van der Waals surface area contributed by atoms with Crippen molar-refractivity contribution in [1.82, 2.24) is 14.9 Å². The molecule has 1 N–H and O–H groups in total. The van der Waals surface area contributed by atoms with Crippen molar-refractivity contribution in [3.63, 3.8) is 0 Å². The molecule has 1 fully saturated rings. The van der Waals surface area contributed by atoms with E-state index in [0.717, 1.165) is 12.0 Å². The smallest absolute Gasteiger partial charge is 0.274 e.